The molecule has 0 bridgehead atoms. The molecule has 4 heterocycles. The zero-order valence-corrected chi connectivity index (χ0v) is 20.8. The third-order valence-electron chi connectivity index (χ3n) is 6.70. The van der Waals surface area contributed by atoms with Crippen molar-refractivity contribution >= 4 is 39.5 Å². The minimum absolute atomic E-state index is 0.265. The Balaban J connectivity index is 1.28. The molecule has 188 valence electrons. The number of benzene rings is 2. The molecule has 0 aliphatic carbocycles. The molecule has 0 saturated carbocycles. The van der Waals surface area contributed by atoms with Gasteiger partial charge in [-0.15, -0.1) is 5.10 Å². The van der Waals surface area contributed by atoms with Crippen molar-refractivity contribution in [1.82, 2.24) is 34.9 Å². The van der Waals surface area contributed by atoms with Crippen molar-refractivity contribution in [2.45, 2.75) is 26.7 Å². The van der Waals surface area contributed by atoms with Crippen LogP contribution in [0.3, 0.4) is 0 Å². The Hall–Kier alpha value is -4.41. The number of anilines is 3. The molecule has 2 aromatic carbocycles. The maximum Gasteiger partial charge on any atom is 0.226 e. The third kappa shape index (κ3) is 4.37. The maximum atomic E-state index is 15.5. The fraction of sp³-hybridized carbons (Fsp3) is 0.308. The van der Waals surface area contributed by atoms with E-state index in [2.05, 4.69) is 42.4 Å². The summed E-state index contributed by atoms with van der Waals surface area (Å²) in [6, 6.07) is 8.80. The van der Waals surface area contributed by atoms with Crippen LogP contribution in [0.25, 0.3) is 22.1 Å². The smallest absolute Gasteiger partial charge is 0.226 e. The minimum Gasteiger partial charge on any atom is -0.457 e. The number of nitrogens with zero attached hydrogens (tertiary/aromatic N) is 8. The molecule has 1 aliphatic heterocycles. The Morgan fingerprint density at radius 2 is 2.00 bits per heavy atom. The lowest BCUT2D eigenvalue weighted by Gasteiger charge is -2.30. The van der Waals surface area contributed by atoms with Gasteiger partial charge in [0.15, 0.2) is 11.6 Å². The molecule has 0 radical (unpaired) electrons. The summed E-state index contributed by atoms with van der Waals surface area (Å²) in [7, 11) is 1.82. The van der Waals surface area contributed by atoms with Gasteiger partial charge in [0.1, 0.15) is 34.4 Å². The van der Waals surface area contributed by atoms with Crippen molar-refractivity contribution in [2.24, 2.45) is 13.0 Å². The first-order valence-corrected chi connectivity index (χ1v) is 12.2. The monoisotopic (exact) mass is 499 g/mol. The Morgan fingerprint density at radius 1 is 1.11 bits per heavy atom. The van der Waals surface area contributed by atoms with Crippen molar-refractivity contribution in [3.8, 4) is 11.5 Å². The van der Waals surface area contributed by atoms with E-state index < -0.39 is 5.82 Å². The molecule has 1 unspecified atom stereocenters. The molecule has 1 aliphatic rings. The Kier molecular flexibility index (Phi) is 5.74. The zero-order chi connectivity index (χ0) is 25.5. The molecule has 3 aromatic heterocycles. The van der Waals surface area contributed by atoms with E-state index in [1.807, 2.05) is 19.2 Å². The molecule has 0 amide bonds. The van der Waals surface area contributed by atoms with E-state index in [0.717, 1.165) is 25.0 Å². The van der Waals surface area contributed by atoms with Crippen LogP contribution in [0.2, 0.25) is 0 Å². The van der Waals surface area contributed by atoms with Crippen LogP contribution in [0, 0.1) is 18.7 Å². The summed E-state index contributed by atoms with van der Waals surface area (Å²) in [5.74, 6) is 2.15. The summed E-state index contributed by atoms with van der Waals surface area (Å²) in [6.07, 6.45) is 5.41. The summed E-state index contributed by atoms with van der Waals surface area (Å²) in [5.41, 5.74) is 3.34. The van der Waals surface area contributed by atoms with E-state index in [-0.39, 0.29) is 5.69 Å². The Morgan fingerprint density at radius 3 is 2.86 bits per heavy atom. The van der Waals surface area contributed by atoms with Crippen molar-refractivity contribution in [1.29, 1.82) is 0 Å². The van der Waals surface area contributed by atoms with Crippen LogP contribution >= 0.6 is 0 Å². The average Bonchev–Trinajstić information content (AvgIpc) is 3.28. The van der Waals surface area contributed by atoms with E-state index >= 15 is 4.39 Å². The molecular weight excluding hydrogens is 473 g/mol. The number of fused-ring (bicyclic) bond motifs is 2. The predicted octanol–water partition coefficient (Wildman–Crippen LogP) is 4.92. The molecule has 0 spiro atoms. The van der Waals surface area contributed by atoms with Gasteiger partial charge in [-0.25, -0.2) is 29.0 Å². The van der Waals surface area contributed by atoms with Gasteiger partial charge in [0.2, 0.25) is 5.95 Å². The molecule has 11 heteroatoms. The molecule has 1 atom stereocenters. The van der Waals surface area contributed by atoms with Crippen LogP contribution < -0.4 is 15.0 Å². The van der Waals surface area contributed by atoms with E-state index in [1.54, 1.807) is 36.0 Å². The lowest BCUT2D eigenvalue weighted by atomic mass is 10.0. The first-order chi connectivity index (χ1) is 18.0. The summed E-state index contributed by atoms with van der Waals surface area (Å²) in [6.45, 7) is 5.72. The largest absolute Gasteiger partial charge is 0.457 e. The van der Waals surface area contributed by atoms with Gasteiger partial charge in [-0.05, 0) is 49.9 Å². The minimum atomic E-state index is -0.441. The van der Waals surface area contributed by atoms with Crippen LogP contribution in [0.5, 0.6) is 11.5 Å². The molecule has 1 N–H and O–H groups in total. The number of aryl methyl sites for hydroxylation is 1. The SMILES string of the molecule is Cc1c(Oc2ccc3c(c2)nnn3C)ccc(Nc2ncnc3cnc(N4CCCC(C)C4)nc23)c1F. The van der Waals surface area contributed by atoms with Crippen LogP contribution in [0.4, 0.5) is 21.8 Å². The van der Waals surface area contributed by atoms with Gasteiger partial charge >= 0.3 is 0 Å². The van der Waals surface area contributed by atoms with Crippen LogP contribution in [0.1, 0.15) is 25.3 Å². The fourth-order valence-electron chi connectivity index (χ4n) is 4.67. The molecular formula is C26H26FN9O. The molecule has 5 aromatic rings. The highest BCUT2D eigenvalue weighted by Gasteiger charge is 2.20. The molecule has 10 nitrogen and oxygen atoms in total. The van der Waals surface area contributed by atoms with Crippen molar-refractivity contribution in [3.05, 3.63) is 54.2 Å². The normalized spacial score (nSPS) is 15.9. The molecule has 1 saturated heterocycles. The standard InChI is InChI=1S/C26H26FN9O/c1-15-5-4-10-36(13-15)26-28-12-20-24(32-26)25(30-14-29-20)31-18-7-9-22(16(2)23(18)27)37-17-6-8-21-19(11-17)33-34-35(21)3/h6-9,11-12,14-15H,4-5,10,13H2,1-3H3,(H,29,30,31). The molecule has 6 rings (SSSR count). The maximum absolute atomic E-state index is 15.5. The number of hydrogen-bond donors (Lipinski definition) is 1. The van der Waals surface area contributed by atoms with Crippen LogP contribution in [0.15, 0.2) is 42.9 Å². The van der Waals surface area contributed by atoms with Gasteiger partial charge in [0, 0.05) is 31.8 Å². The second kappa shape index (κ2) is 9.23. The summed E-state index contributed by atoms with van der Waals surface area (Å²) in [5, 5.41) is 11.2. The van der Waals surface area contributed by atoms with Gasteiger partial charge < -0.3 is 15.0 Å². The number of ether oxygens (including phenoxy) is 1. The Labute approximate surface area is 212 Å². The highest BCUT2D eigenvalue weighted by molar-refractivity contribution is 5.87. The number of hydrogen-bond acceptors (Lipinski definition) is 9. The van der Waals surface area contributed by atoms with Gasteiger partial charge in [-0.2, -0.15) is 0 Å². The molecule has 1 fully saturated rings. The highest BCUT2D eigenvalue weighted by atomic mass is 19.1. The predicted molar refractivity (Wildman–Crippen MR) is 139 cm³/mol. The first kappa shape index (κ1) is 23.0. The second-order valence-electron chi connectivity index (χ2n) is 9.46. The lowest BCUT2D eigenvalue weighted by Crippen LogP contribution is -2.35. The highest BCUT2D eigenvalue weighted by Crippen LogP contribution is 2.33. The van der Waals surface area contributed by atoms with E-state index in [4.69, 9.17) is 9.72 Å². The zero-order valence-electron chi connectivity index (χ0n) is 20.8. The van der Waals surface area contributed by atoms with Gasteiger partial charge in [0.25, 0.3) is 0 Å². The number of piperidine rings is 1. The van der Waals surface area contributed by atoms with Crippen molar-refractivity contribution in [2.75, 3.05) is 23.3 Å². The van der Waals surface area contributed by atoms with E-state index in [9.17, 15) is 0 Å². The third-order valence-corrected chi connectivity index (χ3v) is 6.70. The number of nitrogens with one attached hydrogen (secondary N) is 1. The van der Waals surface area contributed by atoms with Crippen LogP contribution in [-0.2, 0) is 7.05 Å². The van der Waals surface area contributed by atoms with Crippen molar-refractivity contribution in [3.63, 3.8) is 0 Å². The summed E-state index contributed by atoms with van der Waals surface area (Å²) < 4.78 is 23.1. The summed E-state index contributed by atoms with van der Waals surface area (Å²) >= 11 is 0. The summed E-state index contributed by atoms with van der Waals surface area (Å²) in [4.78, 5) is 20.1. The van der Waals surface area contributed by atoms with E-state index in [1.165, 1.54) is 12.7 Å². The van der Waals surface area contributed by atoms with Gasteiger partial charge in [-0.1, -0.05) is 12.1 Å². The van der Waals surface area contributed by atoms with Crippen LogP contribution in [-0.4, -0.2) is 48.0 Å². The average molecular weight is 500 g/mol. The topological polar surface area (TPSA) is 107 Å². The second-order valence-corrected chi connectivity index (χ2v) is 9.46. The van der Waals surface area contributed by atoms with Gasteiger partial charge in [-0.3, -0.25) is 0 Å². The van der Waals surface area contributed by atoms with Gasteiger partial charge in [0.05, 0.1) is 17.4 Å². The molecule has 37 heavy (non-hydrogen) atoms. The van der Waals surface area contributed by atoms with Crippen molar-refractivity contribution < 1.29 is 9.13 Å². The first-order valence-electron chi connectivity index (χ1n) is 12.2. The van der Waals surface area contributed by atoms with E-state index in [0.29, 0.717) is 51.3 Å². The quantitative estimate of drug-likeness (QED) is 0.360. The Bertz CT molecular complexity index is 1620. The number of aromatic nitrogens is 7. The number of halogens is 1. The fourth-order valence-corrected chi connectivity index (χ4v) is 4.67. The lowest BCUT2D eigenvalue weighted by molar-refractivity contribution is 0.442. The number of rotatable bonds is 5.